The highest BCUT2D eigenvalue weighted by molar-refractivity contribution is 7.90. The fourth-order valence-electron chi connectivity index (χ4n) is 0.589. The molecule has 0 saturated heterocycles. The number of aliphatic hydroxyl groups excluding tert-OH is 1. The van der Waals surface area contributed by atoms with Gasteiger partial charge in [-0.1, -0.05) is 0 Å². The molecule has 0 spiro atoms. The molecular weight excluding hydrogens is 194 g/mol. The Labute approximate surface area is 79.1 Å². The maximum absolute atomic E-state index is 11.1. The van der Waals surface area contributed by atoms with E-state index in [9.17, 15) is 8.42 Å². The van der Waals surface area contributed by atoms with Gasteiger partial charge in [-0.25, -0.2) is 13.1 Å². The molecule has 0 atom stereocenters. The van der Waals surface area contributed by atoms with E-state index in [-0.39, 0.29) is 26.4 Å². The molecule has 0 aromatic rings. The molecule has 0 rings (SSSR count). The molecule has 0 heterocycles. The molecular formula is C7H17NO4S. The Balaban J connectivity index is 3.53. The van der Waals surface area contributed by atoms with Crippen LogP contribution in [0.25, 0.3) is 0 Å². The molecule has 0 aliphatic rings. The Bertz CT molecular complexity index is 213. The van der Waals surface area contributed by atoms with Crippen LogP contribution in [0.5, 0.6) is 0 Å². The van der Waals surface area contributed by atoms with Crippen LogP contribution in [0, 0.1) is 0 Å². The monoisotopic (exact) mass is 211 g/mol. The van der Waals surface area contributed by atoms with Gasteiger partial charge in [0.05, 0.1) is 25.1 Å². The molecule has 0 aromatic carbocycles. The summed E-state index contributed by atoms with van der Waals surface area (Å²) in [6, 6.07) is 0. The van der Waals surface area contributed by atoms with Crippen molar-refractivity contribution < 1.29 is 18.3 Å². The molecule has 80 valence electrons. The topological polar surface area (TPSA) is 75.6 Å². The number of nitrogens with one attached hydrogen (secondary N) is 1. The molecule has 0 bridgehead atoms. The second-order valence-corrected chi connectivity index (χ2v) is 5.15. The largest absolute Gasteiger partial charge is 0.394 e. The summed E-state index contributed by atoms with van der Waals surface area (Å²) in [5.41, 5.74) is 0. The van der Waals surface area contributed by atoms with E-state index in [1.165, 1.54) is 0 Å². The predicted octanol–water partition coefficient (Wildman–Crippen LogP) is -0.677. The Morgan fingerprint density at radius 1 is 1.38 bits per heavy atom. The zero-order valence-electron chi connectivity index (χ0n) is 7.99. The van der Waals surface area contributed by atoms with Gasteiger partial charge in [0, 0.05) is 6.54 Å². The van der Waals surface area contributed by atoms with Gasteiger partial charge in [-0.2, -0.15) is 0 Å². The number of hydrogen-bond donors (Lipinski definition) is 2. The Hall–Kier alpha value is -0.170. The third kappa shape index (κ3) is 5.98. The molecule has 2 N–H and O–H groups in total. The molecule has 13 heavy (non-hydrogen) atoms. The quantitative estimate of drug-likeness (QED) is 0.547. The van der Waals surface area contributed by atoms with Gasteiger partial charge in [-0.05, 0) is 13.8 Å². The molecule has 6 heteroatoms. The first-order valence-electron chi connectivity index (χ1n) is 4.17. The number of aliphatic hydroxyl groups is 1. The number of rotatable bonds is 7. The smallest absolute Gasteiger partial charge is 0.214 e. The van der Waals surface area contributed by atoms with E-state index in [4.69, 9.17) is 9.84 Å². The molecule has 5 nitrogen and oxygen atoms in total. The third-order valence-corrected chi connectivity index (χ3v) is 3.25. The minimum absolute atomic E-state index is 0.0447. The summed E-state index contributed by atoms with van der Waals surface area (Å²) in [4.78, 5) is 0. The van der Waals surface area contributed by atoms with E-state index < -0.39 is 15.3 Å². The van der Waals surface area contributed by atoms with Gasteiger partial charge >= 0.3 is 0 Å². The average molecular weight is 211 g/mol. The second kappa shape index (κ2) is 6.31. The lowest BCUT2D eigenvalue weighted by Gasteiger charge is -2.08. The lowest BCUT2D eigenvalue weighted by atomic mass is 10.6. The third-order valence-electron chi connectivity index (χ3n) is 1.41. The molecule has 0 aliphatic heterocycles. The van der Waals surface area contributed by atoms with Crippen LogP contribution in [-0.4, -0.2) is 45.1 Å². The van der Waals surface area contributed by atoms with Crippen molar-refractivity contribution in [2.24, 2.45) is 0 Å². The second-order valence-electron chi connectivity index (χ2n) is 2.82. The van der Waals surface area contributed by atoms with Crippen molar-refractivity contribution in [3.8, 4) is 0 Å². The van der Waals surface area contributed by atoms with Crippen molar-refractivity contribution >= 4 is 10.0 Å². The summed E-state index contributed by atoms with van der Waals surface area (Å²) in [6.07, 6.45) is 0. The molecule has 0 radical (unpaired) electrons. The highest BCUT2D eigenvalue weighted by Gasteiger charge is 2.13. The lowest BCUT2D eigenvalue weighted by Crippen LogP contribution is -2.33. The van der Waals surface area contributed by atoms with Gasteiger partial charge in [0.1, 0.15) is 0 Å². The van der Waals surface area contributed by atoms with Crippen molar-refractivity contribution in [1.29, 1.82) is 0 Å². The molecule has 0 amide bonds. The van der Waals surface area contributed by atoms with Crippen LogP contribution in [-0.2, 0) is 14.8 Å². The number of hydrogen-bond acceptors (Lipinski definition) is 4. The van der Waals surface area contributed by atoms with Crippen molar-refractivity contribution in [3.05, 3.63) is 0 Å². The Kier molecular flexibility index (Phi) is 6.23. The van der Waals surface area contributed by atoms with Crippen LogP contribution in [0.15, 0.2) is 0 Å². The van der Waals surface area contributed by atoms with E-state index in [2.05, 4.69) is 4.72 Å². The number of sulfonamides is 1. The van der Waals surface area contributed by atoms with Gasteiger partial charge in [0.25, 0.3) is 0 Å². The van der Waals surface area contributed by atoms with Gasteiger partial charge in [-0.15, -0.1) is 0 Å². The standard InChI is InChI=1S/C7H17NO4S/c1-7(2)13(10,11)8-3-5-12-6-4-9/h7-9H,3-6H2,1-2H3. The van der Waals surface area contributed by atoms with E-state index in [1.807, 2.05) is 0 Å². The van der Waals surface area contributed by atoms with Crippen molar-refractivity contribution in [3.63, 3.8) is 0 Å². The lowest BCUT2D eigenvalue weighted by molar-refractivity contribution is 0.0961. The van der Waals surface area contributed by atoms with Crippen LogP contribution < -0.4 is 4.72 Å². The van der Waals surface area contributed by atoms with E-state index >= 15 is 0 Å². The SMILES string of the molecule is CC(C)S(=O)(=O)NCCOCCO. The first-order valence-corrected chi connectivity index (χ1v) is 5.72. The van der Waals surface area contributed by atoms with E-state index in [0.717, 1.165) is 0 Å². The van der Waals surface area contributed by atoms with Crippen LogP contribution in [0.1, 0.15) is 13.8 Å². The predicted molar refractivity (Wildman–Crippen MR) is 50.0 cm³/mol. The number of ether oxygens (including phenoxy) is 1. The molecule has 0 unspecified atom stereocenters. The summed E-state index contributed by atoms with van der Waals surface area (Å²) in [6.45, 7) is 3.95. The summed E-state index contributed by atoms with van der Waals surface area (Å²) in [5.74, 6) is 0. The van der Waals surface area contributed by atoms with Crippen LogP contribution in [0.3, 0.4) is 0 Å². The zero-order valence-corrected chi connectivity index (χ0v) is 8.80. The summed E-state index contributed by atoms with van der Waals surface area (Å²) in [5, 5.41) is 7.92. The molecule has 0 fully saturated rings. The van der Waals surface area contributed by atoms with Crippen LogP contribution >= 0.6 is 0 Å². The van der Waals surface area contributed by atoms with Crippen LogP contribution in [0.2, 0.25) is 0 Å². The maximum atomic E-state index is 11.1. The normalized spacial score (nSPS) is 12.3. The fourth-order valence-corrected chi connectivity index (χ4v) is 1.29. The fraction of sp³-hybridized carbons (Fsp3) is 1.00. The Morgan fingerprint density at radius 2 is 2.00 bits per heavy atom. The first-order chi connectivity index (χ1) is 6.00. The summed E-state index contributed by atoms with van der Waals surface area (Å²) in [7, 11) is -3.18. The van der Waals surface area contributed by atoms with Gasteiger partial charge in [-0.3, -0.25) is 0 Å². The summed E-state index contributed by atoms with van der Waals surface area (Å²) < 4.78 is 29.6. The highest BCUT2D eigenvalue weighted by atomic mass is 32.2. The summed E-state index contributed by atoms with van der Waals surface area (Å²) >= 11 is 0. The van der Waals surface area contributed by atoms with E-state index in [1.54, 1.807) is 13.8 Å². The minimum atomic E-state index is -3.18. The zero-order chi connectivity index (χ0) is 10.3. The van der Waals surface area contributed by atoms with Crippen molar-refractivity contribution in [1.82, 2.24) is 4.72 Å². The minimum Gasteiger partial charge on any atom is -0.394 e. The van der Waals surface area contributed by atoms with Gasteiger partial charge in [0.15, 0.2) is 0 Å². The molecule has 0 aliphatic carbocycles. The molecule has 0 aromatic heterocycles. The van der Waals surface area contributed by atoms with E-state index in [0.29, 0.717) is 0 Å². The molecule has 0 saturated carbocycles. The van der Waals surface area contributed by atoms with Crippen LogP contribution in [0.4, 0.5) is 0 Å². The average Bonchev–Trinajstić information content (AvgIpc) is 2.03. The maximum Gasteiger partial charge on any atom is 0.214 e. The first kappa shape index (κ1) is 12.8. The Morgan fingerprint density at radius 3 is 2.46 bits per heavy atom. The highest BCUT2D eigenvalue weighted by Crippen LogP contribution is 1.94. The van der Waals surface area contributed by atoms with Crippen molar-refractivity contribution in [2.45, 2.75) is 19.1 Å². The van der Waals surface area contributed by atoms with Crippen molar-refractivity contribution in [2.75, 3.05) is 26.4 Å². The van der Waals surface area contributed by atoms with Gasteiger partial charge in [0.2, 0.25) is 10.0 Å². The van der Waals surface area contributed by atoms with Gasteiger partial charge < -0.3 is 9.84 Å².